The average Bonchev–Trinajstić information content (AvgIpc) is 1.85. The van der Waals surface area contributed by atoms with E-state index in [9.17, 15) is 45.3 Å². The van der Waals surface area contributed by atoms with E-state index in [2.05, 4.69) is 27.7 Å². The first-order valence-corrected chi connectivity index (χ1v) is 32.3. The first-order chi connectivity index (χ1) is 39.4. The predicted octanol–water partition coefficient (Wildman–Crippen LogP) is 6.46. The Balaban J connectivity index is 0.000000207. The number of esters is 2. The van der Waals surface area contributed by atoms with Crippen molar-refractivity contribution in [1.29, 1.82) is 0 Å². The van der Waals surface area contributed by atoms with Crippen molar-refractivity contribution in [3.63, 3.8) is 0 Å². The summed E-state index contributed by atoms with van der Waals surface area (Å²) in [5.74, 6) is 2.72. The lowest BCUT2D eigenvalue weighted by Crippen LogP contribution is -2.62. The van der Waals surface area contributed by atoms with Crippen molar-refractivity contribution in [2.24, 2.45) is 69.0 Å². The number of cyclic esters (lactones) is 2. The molecule has 13 rings (SSSR count). The maximum atomic E-state index is 12.6. The van der Waals surface area contributed by atoms with E-state index in [-0.39, 0.29) is 82.8 Å². The standard InChI is InChI=1S/C41H64O13.C23H34O4.CH4O/c1-20-36(46)29(42)16-34(49-20)53-38-22(3)51-35(18-31(38)44)54-37-21(2)50-33(17-30(37)43)52-25-8-11-39(4)24(15-25)6-7-28-27(39)9-12-40(5)26(10-13-41(28,40)47)23-14-32(45)48-19-23;1-21-8-5-16(24)12-15(21)3-4-19-18(21)6-9-22(2)17(7-10-23(19,22)26)14-11-20(25)27-13-14;1-2/h14,20-22,24-31,33-38,42-44,46-47H,6-13,15-19H2,1-5H3;11,15-19,24,26H,3-10,12-13H2,1-2H3;2H,1H3/t20-,21+,22+,24+,25-,26+,27?,28?,29+,30-,31-,33-,34+,35-,36-,37+,38+,39-,40+,41-;15-,16+,17-,18?,19?,21+,22-,23+;/m01./s1. The topological polar surface area (TPSA) is 270 Å². The molecule has 0 amide bonds. The van der Waals surface area contributed by atoms with Gasteiger partial charge in [0, 0.05) is 49.4 Å². The summed E-state index contributed by atoms with van der Waals surface area (Å²) in [6.45, 7) is 15.5. The van der Waals surface area contributed by atoms with Crippen LogP contribution in [0.4, 0.5) is 0 Å². The third-order valence-electron chi connectivity index (χ3n) is 25.8. The Labute approximate surface area is 491 Å². The van der Waals surface area contributed by atoms with Crippen LogP contribution in [0.25, 0.3) is 0 Å². The second kappa shape index (κ2) is 23.7. The van der Waals surface area contributed by atoms with E-state index in [1.807, 2.05) is 6.92 Å². The summed E-state index contributed by atoms with van der Waals surface area (Å²) >= 11 is 0. The zero-order valence-electron chi connectivity index (χ0n) is 50.8. The number of hydrogen-bond acceptors (Lipinski definition) is 18. The van der Waals surface area contributed by atoms with Crippen LogP contribution in [-0.2, 0) is 47.5 Å². The van der Waals surface area contributed by atoms with Crippen LogP contribution in [-0.4, -0.2) is 170 Å². The highest BCUT2D eigenvalue weighted by molar-refractivity contribution is 5.86. The van der Waals surface area contributed by atoms with Gasteiger partial charge in [-0.3, -0.25) is 0 Å². The van der Waals surface area contributed by atoms with E-state index >= 15 is 0 Å². The first kappa shape index (κ1) is 62.5. The highest BCUT2D eigenvalue weighted by atomic mass is 16.7. The molecule has 18 nitrogen and oxygen atoms in total. The molecule has 0 aromatic heterocycles. The third-order valence-corrected chi connectivity index (χ3v) is 25.8. The Hall–Kier alpha value is -2.14. The van der Waals surface area contributed by atoms with Gasteiger partial charge in [-0.2, -0.15) is 0 Å². The lowest BCUT2D eigenvalue weighted by molar-refractivity contribution is -0.336. The molecular weight excluding hydrogens is 1070 g/mol. The molecule has 0 aromatic carbocycles. The second-order valence-electron chi connectivity index (χ2n) is 29.5. The Kier molecular flexibility index (Phi) is 17.8. The molecule has 28 atom stereocenters. The summed E-state index contributed by atoms with van der Waals surface area (Å²) < 4.78 is 47.4. The molecule has 0 radical (unpaired) electrons. The minimum absolute atomic E-state index is 0.0243. The maximum absolute atomic E-state index is 12.6. The van der Waals surface area contributed by atoms with Crippen LogP contribution < -0.4 is 0 Å². The summed E-state index contributed by atoms with van der Waals surface area (Å²) in [6, 6.07) is 0. The van der Waals surface area contributed by atoms with Crippen LogP contribution in [0.15, 0.2) is 23.3 Å². The zero-order chi connectivity index (χ0) is 59.3. The molecule has 0 bridgehead atoms. The van der Waals surface area contributed by atoms with Gasteiger partial charge in [0.1, 0.15) is 31.5 Å². The molecule has 0 aromatic rings. The molecule has 3 saturated heterocycles. The van der Waals surface area contributed by atoms with Crippen molar-refractivity contribution in [3.8, 4) is 0 Å². The summed E-state index contributed by atoms with van der Waals surface area (Å²) in [5.41, 5.74) is 0.816. The lowest BCUT2D eigenvalue weighted by atomic mass is 9.43. The average molecular weight is 1170 g/mol. The van der Waals surface area contributed by atoms with E-state index in [4.69, 9.17) is 43.0 Å². The smallest absolute Gasteiger partial charge is 0.331 e. The molecular formula is C65H102O18. The second-order valence-corrected chi connectivity index (χ2v) is 29.5. The Morgan fingerprint density at radius 1 is 0.470 bits per heavy atom. The molecule has 8 saturated carbocycles. The summed E-state index contributed by atoms with van der Waals surface area (Å²) in [6.07, 6.45) is 12.7. The van der Waals surface area contributed by atoms with Gasteiger partial charge in [-0.25, -0.2) is 9.59 Å². The van der Waals surface area contributed by atoms with E-state index in [0.717, 1.165) is 127 Å². The molecule has 8 aliphatic carbocycles. The van der Waals surface area contributed by atoms with Crippen LogP contribution in [0.5, 0.6) is 0 Å². The Morgan fingerprint density at radius 2 is 0.904 bits per heavy atom. The van der Waals surface area contributed by atoms with Crippen molar-refractivity contribution >= 4 is 11.9 Å². The molecule has 18 heteroatoms. The Morgan fingerprint density at radius 3 is 1.35 bits per heavy atom. The van der Waals surface area contributed by atoms with Gasteiger partial charge in [-0.15, -0.1) is 0 Å². The molecule has 4 unspecified atom stereocenters. The fourth-order valence-corrected chi connectivity index (χ4v) is 21.2. The fourth-order valence-electron chi connectivity index (χ4n) is 21.2. The fraction of sp³-hybridized carbons (Fsp3) is 0.908. The van der Waals surface area contributed by atoms with Crippen LogP contribution >= 0.6 is 0 Å². The van der Waals surface area contributed by atoms with Crippen molar-refractivity contribution in [1.82, 2.24) is 0 Å². The summed E-state index contributed by atoms with van der Waals surface area (Å²) in [7, 11) is 1.00. The van der Waals surface area contributed by atoms with Gasteiger partial charge in [-0.05, 0) is 206 Å². The summed E-state index contributed by atoms with van der Waals surface area (Å²) in [4.78, 5) is 23.6. The maximum Gasteiger partial charge on any atom is 0.331 e. The van der Waals surface area contributed by atoms with Crippen molar-refractivity contribution in [3.05, 3.63) is 23.3 Å². The van der Waals surface area contributed by atoms with E-state index in [0.29, 0.717) is 42.8 Å². The van der Waals surface area contributed by atoms with Crippen LogP contribution in [0.3, 0.4) is 0 Å². The first-order valence-electron chi connectivity index (χ1n) is 32.3. The summed E-state index contributed by atoms with van der Waals surface area (Å²) in [5, 5.41) is 84.3. The Bertz CT molecular complexity index is 2370. The molecule has 0 spiro atoms. The van der Waals surface area contributed by atoms with E-state index in [1.165, 1.54) is 6.42 Å². The van der Waals surface area contributed by atoms with Crippen molar-refractivity contribution in [2.45, 2.75) is 281 Å². The van der Waals surface area contributed by atoms with E-state index < -0.39 is 85.0 Å². The number of aliphatic hydroxyl groups is 8. The highest BCUT2D eigenvalue weighted by Crippen LogP contribution is 2.72. The minimum Gasteiger partial charge on any atom is -0.458 e. The van der Waals surface area contributed by atoms with Gasteiger partial charge < -0.3 is 78.7 Å². The molecule has 5 heterocycles. The molecule has 470 valence electrons. The highest BCUT2D eigenvalue weighted by Gasteiger charge is 2.70. The molecule has 13 aliphatic rings. The number of fused-ring (bicyclic) bond motifs is 10. The quantitative estimate of drug-likeness (QED) is 0.0957. The number of ether oxygens (including phenoxy) is 8. The van der Waals surface area contributed by atoms with Gasteiger partial charge in [0.15, 0.2) is 18.9 Å². The molecule has 11 fully saturated rings. The SMILES string of the molecule is CO.C[C@@H]1O[C@H](O[C@H]2[C@@H](O)C[C@H](O[C@H]3[C@@H](O)C[C@H](O[C@H]4CC[C@]5(C)C6CC[C@]7(C)[C@@H](C8=CC(=O)OC8)CC[C@]7(O)C6CC[C@@H]5C4)O[C@@H]3C)O[C@@H]2C)C[C@@H](O)[C@H]1O.C[C@]12CC[C@H](O)C[C@H]1CCC1C2CC[C@]2(C)[C@@H](C3=CC(=O)OC3)CC[C@]12O. The minimum atomic E-state index is -0.996. The van der Waals surface area contributed by atoms with E-state index in [1.54, 1.807) is 26.0 Å². The zero-order valence-corrected chi connectivity index (χ0v) is 50.8. The largest absolute Gasteiger partial charge is 0.458 e. The van der Waals surface area contributed by atoms with Crippen molar-refractivity contribution in [2.75, 3.05) is 20.3 Å². The molecule has 8 N–H and O–H groups in total. The van der Waals surface area contributed by atoms with Gasteiger partial charge in [-0.1, -0.05) is 27.7 Å². The molecule has 5 aliphatic heterocycles. The van der Waals surface area contributed by atoms with Gasteiger partial charge in [0.2, 0.25) is 0 Å². The monoisotopic (exact) mass is 1170 g/mol. The van der Waals surface area contributed by atoms with Crippen molar-refractivity contribution < 1.29 is 88.3 Å². The lowest BCUT2D eigenvalue weighted by Gasteiger charge is -2.64. The number of rotatable bonds is 8. The van der Waals surface area contributed by atoms with Gasteiger partial charge in [0.05, 0.1) is 60.0 Å². The number of carbonyl (C=O) groups is 2. The number of carbonyl (C=O) groups excluding carboxylic acids is 2. The van der Waals surface area contributed by atoms with Gasteiger partial charge in [0.25, 0.3) is 0 Å². The van der Waals surface area contributed by atoms with Crippen LogP contribution in [0.2, 0.25) is 0 Å². The predicted molar refractivity (Wildman–Crippen MR) is 301 cm³/mol. The normalized spacial score (nSPS) is 53.6. The van der Waals surface area contributed by atoms with Crippen LogP contribution in [0, 0.1) is 69.0 Å². The van der Waals surface area contributed by atoms with Gasteiger partial charge >= 0.3 is 11.9 Å². The number of hydrogen-bond donors (Lipinski definition) is 8. The molecule has 83 heavy (non-hydrogen) atoms. The third kappa shape index (κ3) is 10.8. The number of aliphatic hydroxyl groups excluding tert-OH is 6. The van der Waals surface area contributed by atoms with Crippen LogP contribution in [0.1, 0.15) is 183 Å².